The van der Waals surface area contributed by atoms with E-state index in [0.29, 0.717) is 12.2 Å². The molecule has 0 fully saturated rings. The molecule has 2 aromatic rings. The molecule has 3 rings (SSSR count). The summed E-state index contributed by atoms with van der Waals surface area (Å²) < 4.78 is 14.2. The van der Waals surface area contributed by atoms with Gasteiger partial charge in [0, 0.05) is 10.2 Å². The lowest BCUT2D eigenvalue weighted by atomic mass is 10.1. The van der Waals surface area contributed by atoms with Gasteiger partial charge in [0.1, 0.15) is 5.82 Å². The van der Waals surface area contributed by atoms with Crippen LogP contribution in [0.2, 0.25) is 0 Å². The predicted octanol–water partition coefficient (Wildman–Crippen LogP) is 4.58. The first kappa shape index (κ1) is 12.4. The van der Waals surface area contributed by atoms with Gasteiger partial charge < -0.3 is 4.90 Å². The first-order chi connectivity index (χ1) is 9.15. The Hall–Kier alpha value is -1.68. The highest BCUT2D eigenvalue weighted by Gasteiger charge is 2.15. The maximum Gasteiger partial charge on any atom is 0.125 e. The number of nitrogens with zero attached hydrogens (tertiary/aromatic N) is 2. The molecule has 0 atom stereocenters. The SMILES string of the molecule is Cc1c(Br)cccc1N1C=Nc2cc(F)ccc2C1. The zero-order chi connectivity index (χ0) is 13.4. The standard InChI is InChI=1S/C15H12BrFN2/c1-10-13(16)3-2-4-15(10)19-8-11-5-6-12(17)7-14(11)18-9-19/h2-7,9H,8H2,1H3. The molecule has 0 radical (unpaired) electrons. The van der Waals surface area contributed by atoms with Crippen LogP contribution in [-0.2, 0) is 6.54 Å². The molecule has 0 aliphatic carbocycles. The van der Waals surface area contributed by atoms with Crippen LogP contribution in [0, 0.1) is 12.7 Å². The van der Waals surface area contributed by atoms with Gasteiger partial charge in [-0.3, -0.25) is 0 Å². The van der Waals surface area contributed by atoms with E-state index in [-0.39, 0.29) is 5.82 Å². The largest absolute Gasteiger partial charge is 0.328 e. The van der Waals surface area contributed by atoms with E-state index in [1.54, 1.807) is 12.4 Å². The molecule has 96 valence electrons. The molecule has 0 aromatic heterocycles. The second-order valence-electron chi connectivity index (χ2n) is 4.53. The lowest BCUT2D eigenvalue weighted by Gasteiger charge is -2.26. The molecule has 4 heteroatoms. The fraction of sp³-hybridized carbons (Fsp3) is 0.133. The summed E-state index contributed by atoms with van der Waals surface area (Å²) in [5.74, 6) is -0.247. The van der Waals surface area contributed by atoms with Gasteiger partial charge in [-0.05, 0) is 42.3 Å². The van der Waals surface area contributed by atoms with Gasteiger partial charge in [0.2, 0.25) is 0 Å². The number of benzene rings is 2. The van der Waals surface area contributed by atoms with Crippen molar-refractivity contribution in [1.29, 1.82) is 0 Å². The first-order valence-corrected chi connectivity index (χ1v) is 6.79. The van der Waals surface area contributed by atoms with Crippen molar-refractivity contribution < 1.29 is 4.39 Å². The van der Waals surface area contributed by atoms with Gasteiger partial charge >= 0.3 is 0 Å². The van der Waals surface area contributed by atoms with E-state index in [0.717, 1.165) is 15.7 Å². The molecule has 0 bridgehead atoms. The van der Waals surface area contributed by atoms with Gasteiger partial charge in [0.25, 0.3) is 0 Å². The average molecular weight is 319 g/mol. The smallest absolute Gasteiger partial charge is 0.125 e. The topological polar surface area (TPSA) is 15.6 Å². The highest BCUT2D eigenvalue weighted by atomic mass is 79.9. The van der Waals surface area contributed by atoms with Gasteiger partial charge in [-0.1, -0.05) is 28.1 Å². The minimum absolute atomic E-state index is 0.247. The normalized spacial score (nSPS) is 13.5. The van der Waals surface area contributed by atoms with Crippen molar-refractivity contribution in [3.05, 3.63) is 57.8 Å². The minimum atomic E-state index is -0.247. The Morgan fingerprint density at radius 1 is 1.26 bits per heavy atom. The predicted molar refractivity (Wildman–Crippen MR) is 79.6 cm³/mol. The van der Waals surface area contributed by atoms with Crippen molar-refractivity contribution >= 4 is 33.6 Å². The summed E-state index contributed by atoms with van der Waals surface area (Å²) in [7, 11) is 0. The Balaban J connectivity index is 1.99. The zero-order valence-electron chi connectivity index (χ0n) is 10.4. The quantitative estimate of drug-likeness (QED) is 0.751. The molecule has 1 heterocycles. The lowest BCUT2D eigenvalue weighted by Crippen LogP contribution is -2.24. The summed E-state index contributed by atoms with van der Waals surface area (Å²) in [5.41, 5.74) is 4.01. The van der Waals surface area contributed by atoms with Crippen LogP contribution in [0.15, 0.2) is 45.9 Å². The summed E-state index contributed by atoms with van der Waals surface area (Å²) in [6.45, 7) is 2.77. The molecule has 2 nitrogen and oxygen atoms in total. The third kappa shape index (κ3) is 2.28. The van der Waals surface area contributed by atoms with Gasteiger partial charge in [-0.2, -0.15) is 0 Å². The van der Waals surface area contributed by atoms with Crippen molar-refractivity contribution in [2.75, 3.05) is 4.90 Å². The van der Waals surface area contributed by atoms with E-state index in [4.69, 9.17) is 0 Å². The third-order valence-corrected chi connectivity index (χ3v) is 4.13. The molecule has 1 aliphatic heterocycles. The molecular formula is C15H12BrFN2. The summed E-state index contributed by atoms with van der Waals surface area (Å²) in [5, 5.41) is 0. The van der Waals surface area contributed by atoms with Gasteiger partial charge in [0.15, 0.2) is 0 Å². The molecule has 0 amide bonds. The van der Waals surface area contributed by atoms with Gasteiger partial charge in [-0.15, -0.1) is 0 Å². The third-order valence-electron chi connectivity index (χ3n) is 3.27. The zero-order valence-corrected chi connectivity index (χ0v) is 12.0. The Morgan fingerprint density at radius 3 is 2.95 bits per heavy atom. The fourth-order valence-electron chi connectivity index (χ4n) is 2.20. The molecule has 0 spiro atoms. The number of rotatable bonds is 1. The van der Waals surface area contributed by atoms with E-state index < -0.39 is 0 Å². The Bertz CT molecular complexity index is 667. The van der Waals surface area contributed by atoms with Crippen LogP contribution in [-0.4, -0.2) is 6.34 Å². The van der Waals surface area contributed by atoms with E-state index in [1.807, 2.05) is 12.1 Å². The van der Waals surface area contributed by atoms with E-state index in [9.17, 15) is 4.39 Å². The van der Waals surface area contributed by atoms with Crippen molar-refractivity contribution in [2.24, 2.45) is 4.99 Å². The Morgan fingerprint density at radius 2 is 2.11 bits per heavy atom. The van der Waals surface area contributed by atoms with Crippen molar-refractivity contribution in [2.45, 2.75) is 13.5 Å². The number of hydrogen-bond acceptors (Lipinski definition) is 2. The molecule has 0 saturated carbocycles. The summed E-state index contributed by atoms with van der Waals surface area (Å²) in [6, 6.07) is 10.8. The Kier molecular flexibility index (Phi) is 3.11. The lowest BCUT2D eigenvalue weighted by molar-refractivity contribution is 0.627. The Labute approximate surface area is 119 Å². The number of aliphatic imine (C=N–C) groups is 1. The fourth-order valence-corrected chi connectivity index (χ4v) is 2.56. The van der Waals surface area contributed by atoms with E-state index >= 15 is 0 Å². The van der Waals surface area contributed by atoms with Crippen LogP contribution < -0.4 is 4.90 Å². The number of fused-ring (bicyclic) bond motifs is 1. The van der Waals surface area contributed by atoms with E-state index in [2.05, 4.69) is 38.8 Å². The first-order valence-electron chi connectivity index (χ1n) is 5.99. The molecular weight excluding hydrogens is 307 g/mol. The second kappa shape index (κ2) is 4.78. The molecule has 0 saturated heterocycles. The van der Waals surface area contributed by atoms with Crippen LogP contribution in [0.5, 0.6) is 0 Å². The molecule has 19 heavy (non-hydrogen) atoms. The summed E-state index contributed by atoms with van der Waals surface area (Å²) in [4.78, 5) is 6.40. The molecule has 1 aliphatic rings. The average Bonchev–Trinajstić information content (AvgIpc) is 2.41. The van der Waals surface area contributed by atoms with Gasteiger partial charge in [0.05, 0.1) is 18.6 Å². The number of halogens is 2. The van der Waals surface area contributed by atoms with Crippen LogP contribution in [0.1, 0.15) is 11.1 Å². The summed E-state index contributed by atoms with van der Waals surface area (Å²) >= 11 is 3.53. The van der Waals surface area contributed by atoms with Crippen molar-refractivity contribution in [3.63, 3.8) is 0 Å². The van der Waals surface area contributed by atoms with Crippen LogP contribution in [0.25, 0.3) is 0 Å². The minimum Gasteiger partial charge on any atom is -0.328 e. The maximum atomic E-state index is 13.1. The van der Waals surface area contributed by atoms with Crippen molar-refractivity contribution in [1.82, 2.24) is 0 Å². The van der Waals surface area contributed by atoms with E-state index in [1.165, 1.54) is 17.7 Å². The second-order valence-corrected chi connectivity index (χ2v) is 5.38. The van der Waals surface area contributed by atoms with Gasteiger partial charge in [-0.25, -0.2) is 9.38 Å². The summed E-state index contributed by atoms with van der Waals surface area (Å²) in [6.07, 6.45) is 1.76. The maximum absolute atomic E-state index is 13.1. The molecule has 0 unspecified atom stereocenters. The highest BCUT2D eigenvalue weighted by molar-refractivity contribution is 9.10. The highest BCUT2D eigenvalue weighted by Crippen LogP contribution is 2.31. The van der Waals surface area contributed by atoms with Crippen LogP contribution >= 0.6 is 15.9 Å². The molecule has 2 aromatic carbocycles. The van der Waals surface area contributed by atoms with Crippen molar-refractivity contribution in [3.8, 4) is 0 Å². The van der Waals surface area contributed by atoms with Crippen LogP contribution in [0.3, 0.4) is 0 Å². The van der Waals surface area contributed by atoms with Crippen LogP contribution in [0.4, 0.5) is 15.8 Å². The number of anilines is 1. The molecule has 0 N–H and O–H groups in total. The monoisotopic (exact) mass is 318 g/mol. The number of hydrogen-bond donors (Lipinski definition) is 0.